The lowest BCUT2D eigenvalue weighted by molar-refractivity contribution is -0.129. The molecule has 6 heteroatoms. The Hall–Kier alpha value is -5.10. The molecule has 1 fully saturated rings. The van der Waals surface area contributed by atoms with Crippen molar-refractivity contribution in [2.24, 2.45) is 10.8 Å². The average molecular weight is 552 g/mol. The van der Waals surface area contributed by atoms with Crippen LogP contribution in [0.15, 0.2) is 108 Å². The fraction of sp³-hybridized carbons (Fsp3) is 0.167. The molecule has 0 unspecified atom stereocenters. The van der Waals surface area contributed by atoms with Crippen molar-refractivity contribution in [2.45, 2.75) is 27.7 Å². The number of nitrogens with zero attached hydrogens (tertiary/aromatic N) is 3. The lowest BCUT2D eigenvalue weighted by atomic mass is 9.70. The third-order valence-electron chi connectivity index (χ3n) is 8.92. The molecule has 0 atom stereocenters. The molecule has 7 rings (SSSR count). The fourth-order valence-corrected chi connectivity index (χ4v) is 5.60. The number of hydrogen-bond acceptors (Lipinski definition) is 5. The zero-order chi connectivity index (χ0) is 29.2. The number of aromatic nitrogens is 2. The minimum atomic E-state index is -0.893. The third kappa shape index (κ3) is 3.79. The number of hydrogen-bond donors (Lipinski definition) is 0. The number of amides is 2. The maximum absolute atomic E-state index is 13.5. The number of carbonyl (C=O) groups is 2. The molecule has 2 aromatic heterocycles. The summed E-state index contributed by atoms with van der Waals surface area (Å²) in [5.74, 6) is -0.512. The summed E-state index contributed by atoms with van der Waals surface area (Å²) in [6.45, 7) is 7.21. The van der Waals surface area contributed by atoms with Crippen molar-refractivity contribution in [3.8, 4) is 33.6 Å². The smallest absolute Gasteiger partial charge is 0.242 e. The summed E-state index contributed by atoms with van der Waals surface area (Å²) in [7, 11) is 0. The Kier molecular flexibility index (Phi) is 5.67. The predicted octanol–water partition coefficient (Wildman–Crippen LogP) is 8.30. The van der Waals surface area contributed by atoms with Gasteiger partial charge in [0, 0.05) is 27.5 Å². The second kappa shape index (κ2) is 9.21. The van der Waals surface area contributed by atoms with Crippen molar-refractivity contribution in [1.29, 1.82) is 0 Å². The topological polar surface area (TPSA) is 76.3 Å². The van der Waals surface area contributed by atoms with Crippen LogP contribution in [0.1, 0.15) is 27.7 Å². The minimum absolute atomic E-state index is 0.0936. The Morgan fingerprint density at radius 3 is 1.81 bits per heavy atom. The standard InChI is InChI=1S/C36H29N3O3/c1-35(2)32(40)39(33(41)36(35,3)4)34-37-28(23-11-6-5-7-12-23)21-29(38-34)24-19-17-22(18-20-24)25-14-10-15-27-26-13-8-9-16-30(26)42-31(25)27/h5-21H,1-4H3. The molecule has 0 radical (unpaired) electrons. The molecule has 0 aliphatic carbocycles. The summed E-state index contributed by atoms with van der Waals surface area (Å²) in [4.78, 5) is 37.7. The molecule has 6 nitrogen and oxygen atoms in total. The predicted molar refractivity (Wildman–Crippen MR) is 166 cm³/mol. The number of benzene rings is 4. The Balaban J connectivity index is 1.34. The molecular weight excluding hydrogens is 522 g/mol. The van der Waals surface area contributed by atoms with Gasteiger partial charge in [0.2, 0.25) is 17.8 Å². The number of furan rings is 1. The van der Waals surface area contributed by atoms with Gasteiger partial charge in [-0.1, -0.05) is 91.0 Å². The summed E-state index contributed by atoms with van der Waals surface area (Å²) < 4.78 is 6.25. The van der Waals surface area contributed by atoms with Gasteiger partial charge in [-0.05, 0) is 45.4 Å². The zero-order valence-electron chi connectivity index (χ0n) is 23.9. The summed E-state index contributed by atoms with van der Waals surface area (Å²) in [6.07, 6.45) is 0. The monoisotopic (exact) mass is 551 g/mol. The maximum Gasteiger partial charge on any atom is 0.242 e. The van der Waals surface area contributed by atoms with Crippen LogP contribution in [-0.4, -0.2) is 21.8 Å². The van der Waals surface area contributed by atoms with E-state index in [2.05, 4.69) is 18.2 Å². The van der Waals surface area contributed by atoms with E-state index in [1.807, 2.05) is 84.9 Å². The van der Waals surface area contributed by atoms with Gasteiger partial charge in [0.25, 0.3) is 0 Å². The molecular formula is C36H29N3O3. The molecule has 42 heavy (non-hydrogen) atoms. The van der Waals surface area contributed by atoms with Crippen molar-refractivity contribution < 1.29 is 14.0 Å². The van der Waals surface area contributed by atoms with E-state index in [0.717, 1.165) is 49.1 Å². The van der Waals surface area contributed by atoms with E-state index < -0.39 is 10.8 Å². The minimum Gasteiger partial charge on any atom is -0.455 e. The van der Waals surface area contributed by atoms with Crippen molar-refractivity contribution >= 4 is 39.7 Å². The molecule has 0 N–H and O–H groups in total. The van der Waals surface area contributed by atoms with Crippen molar-refractivity contribution in [1.82, 2.24) is 9.97 Å². The summed E-state index contributed by atoms with van der Waals surface area (Å²) in [6, 6.07) is 33.9. The van der Waals surface area contributed by atoms with Crippen LogP contribution >= 0.6 is 0 Å². The van der Waals surface area contributed by atoms with Crippen LogP contribution in [0.2, 0.25) is 0 Å². The largest absolute Gasteiger partial charge is 0.455 e. The zero-order valence-corrected chi connectivity index (χ0v) is 23.9. The second-order valence-corrected chi connectivity index (χ2v) is 11.9. The first-order valence-corrected chi connectivity index (χ1v) is 14.0. The second-order valence-electron chi connectivity index (χ2n) is 11.9. The van der Waals surface area contributed by atoms with Crippen molar-refractivity contribution in [2.75, 3.05) is 4.90 Å². The molecule has 3 heterocycles. The highest BCUT2D eigenvalue weighted by molar-refractivity contribution is 6.24. The highest BCUT2D eigenvalue weighted by atomic mass is 16.3. The quantitative estimate of drug-likeness (QED) is 0.206. The number of fused-ring (bicyclic) bond motifs is 3. The third-order valence-corrected chi connectivity index (χ3v) is 8.92. The van der Waals surface area contributed by atoms with Gasteiger partial charge in [0.15, 0.2) is 0 Å². The van der Waals surface area contributed by atoms with Crippen molar-refractivity contribution in [3.05, 3.63) is 103 Å². The Bertz CT molecular complexity index is 2000. The van der Waals surface area contributed by atoms with Gasteiger partial charge < -0.3 is 4.42 Å². The first-order chi connectivity index (χ1) is 20.2. The molecule has 4 aromatic carbocycles. The van der Waals surface area contributed by atoms with E-state index in [1.165, 1.54) is 0 Å². The van der Waals surface area contributed by atoms with Gasteiger partial charge in [0.05, 0.1) is 22.2 Å². The molecule has 1 aliphatic rings. The van der Waals surface area contributed by atoms with Gasteiger partial charge in [-0.2, -0.15) is 0 Å². The fourth-order valence-electron chi connectivity index (χ4n) is 5.60. The van der Waals surface area contributed by atoms with E-state index in [1.54, 1.807) is 27.7 Å². The van der Waals surface area contributed by atoms with Gasteiger partial charge in [-0.25, -0.2) is 14.9 Å². The summed E-state index contributed by atoms with van der Waals surface area (Å²) in [5.41, 5.74) is 4.89. The van der Waals surface area contributed by atoms with Crippen molar-refractivity contribution in [3.63, 3.8) is 0 Å². The Labute approximate surface area is 243 Å². The van der Waals surface area contributed by atoms with Crippen LogP contribution in [0.4, 0.5) is 5.95 Å². The Morgan fingerprint density at radius 2 is 1.14 bits per heavy atom. The lowest BCUT2D eigenvalue weighted by Crippen LogP contribution is -2.35. The van der Waals surface area contributed by atoms with Gasteiger partial charge >= 0.3 is 0 Å². The average Bonchev–Trinajstić information content (AvgIpc) is 3.45. The lowest BCUT2D eigenvalue weighted by Gasteiger charge is -2.28. The van der Waals surface area contributed by atoms with E-state index in [-0.39, 0.29) is 17.8 Å². The molecule has 1 saturated heterocycles. The highest BCUT2D eigenvalue weighted by Crippen LogP contribution is 2.48. The first-order valence-electron chi connectivity index (χ1n) is 14.0. The Morgan fingerprint density at radius 1 is 0.595 bits per heavy atom. The molecule has 1 aliphatic heterocycles. The van der Waals surface area contributed by atoms with Crippen LogP contribution in [-0.2, 0) is 9.59 Å². The molecule has 2 amide bonds. The molecule has 206 valence electrons. The van der Waals surface area contributed by atoms with Gasteiger partial charge in [0.1, 0.15) is 11.2 Å². The molecule has 0 bridgehead atoms. The number of carbonyl (C=O) groups excluding carboxylic acids is 2. The first kappa shape index (κ1) is 25.8. The molecule has 0 saturated carbocycles. The normalized spacial score (nSPS) is 16.0. The maximum atomic E-state index is 13.5. The summed E-state index contributed by atoms with van der Waals surface area (Å²) in [5, 5.41) is 2.16. The van der Waals surface area contributed by atoms with E-state index in [9.17, 15) is 9.59 Å². The van der Waals surface area contributed by atoms with E-state index >= 15 is 0 Å². The SMILES string of the molecule is CC1(C)C(=O)N(c2nc(-c3ccccc3)cc(-c3ccc(-c4cccc5c4oc4ccccc45)cc3)n2)C(=O)C1(C)C. The van der Waals surface area contributed by atoms with Crippen LogP contribution < -0.4 is 4.90 Å². The summed E-state index contributed by atoms with van der Waals surface area (Å²) >= 11 is 0. The highest BCUT2D eigenvalue weighted by Gasteiger charge is 2.60. The number of para-hydroxylation sites is 2. The van der Waals surface area contributed by atoms with Crippen LogP contribution in [0, 0.1) is 10.8 Å². The number of imide groups is 1. The molecule has 6 aromatic rings. The van der Waals surface area contributed by atoms with E-state index in [0.29, 0.717) is 11.4 Å². The number of anilines is 1. The van der Waals surface area contributed by atoms with Gasteiger partial charge in [-0.3, -0.25) is 9.59 Å². The number of rotatable bonds is 4. The molecule has 0 spiro atoms. The van der Waals surface area contributed by atoms with E-state index in [4.69, 9.17) is 14.4 Å². The van der Waals surface area contributed by atoms with Crippen LogP contribution in [0.3, 0.4) is 0 Å². The van der Waals surface area contributed by atoms with Crippen LogP contribution in [0.5, 0.6) is 0 Å². The van der Waals surface area contributed by atoms with Crippen LogP contribution in [0.25, 0.3) is 55.6 Å². The van der Waals surface area contributed by atoms with Gasteiger partial charge in [-0.15, -0.1) is 0 Å².